The first-order chi connectivity index (χ1) is 9.20. The van der Waals surface area contributed by atoms with E-state index in [1.807, 2.05) is 48.5 Å². The van der Waals surface area contributed by atoms with E-state index < -0.39 is 0 Å². The number of hydrogen-bond donors (Lipinski definition) is 1. The van der Waals surface area contributed by atoms with Gasteiger partial charge in [0.25, 0.3) is 0 Å². The molecule has 0 saturated carbocycles. The van der Waals surface area contributed by atoms with Crippen LogP contribution in [0, 0.1) is 5.92 Å². The van der Waals surface area contributed by atoms with Crippen molar-refractivity contribution in [1.29, 1.82) is 0 Å². The quantitative estimate of drug-likeness (QED) is 0.852. The molecule has 0 aliphatic heterocycles. The Balaban J connectivity index is 2.15. The Labute approximate surface area is 115 Å². The minimum atomic E-state index is 0.0596. The van der Waals surface area contributed by atoms with Crippen molar-refractivity contribution in [2.75, 3.05) is 0 Å². The largest absolute Gasteiger partial charge is 0.457 e. The number of hydrogen-bond acceptors (Lipinski definition) is 2. The van der Waals surface area contributed by atoms with Crippen LogP contribution >= 0.6 is 0 Å². The number of rotatable bonds is 5. The highest BCUT2D eigenvalue weighted by Crippen LogP contribution is 2.27. The first-order valence-electron chi connectivity index (χ1n) is 6.79. The molecule has 2 aromatic rings. The van der Waals surface area contributed by atoms with Gasteiger partial charge < -0.3 is 10.5 Å². The van der Waals surface area contributed by atoms with Gasteiger partial charge in [0, 0.05) is 6.04 Å². The van der Waals surface area contributed by atoms with E-state index in [9.17, 15) is 0 Å². The lowest BCUT2D eigenvalue weighted by molar-refractivity contribution is 0.450. The molecule has 0 amide bonds. The van der Waals surface area contributed by atoms with Crippen LogP contribution < -0.4 is 10.5 Å². The van der Waals surface area contributed by atoms with Crippen molar-refractivity contribution >= 4 is 0 Å². The molecule has 2 N–H and O–H groups in total. The van der Waals surface area contributed by atoms with Crippen molar-refractivity contribution in [1.82, 2.24) is 0 Å². The Hall–Kier alpha value is -1.80. The van der Waals surface area contributed by atoms with Crippen LogP contribution in [-0.4, -0.2) is 0 Å². The minimum Gasteiger partial charge on any atom is -0.457 e. The van der Waals surface area contributed by atoms with Crippen LogP contribution in [0.1, 0.15) is 31.9 Å². The fourth-order valence-electron chi connectivity index (χ4n) is 1.99. The summed E-state index contributed by atoms with van der Waals surface area (Å²) < 4.78 is 5.83. The fourth-order valence-corrected chi connectivity index (χ4v) is 1.99. The van der Waals surface area contributed by atoms with Crippen LogP contribution in [0.25, 0.3) is 0 Å². The fraction of sp³-hybridized carbons (Fsp3) is 0.294. The van der Waals surface area contributed by atoms with Crippen molar-refractivity contribution in [3.63, 3.8) is 0 Å². The van der Waals surface area contributed by atoms with Gasteiger partial charge in [-0.25, -0.2) is 0 Å². The molecule has 0 bridgehead atoms. The third-order valence-electron chi connectivity index (χ3n) is 3.48. The Kier molecular flexibility index (Phi) is 4.58. The molecule has 0 aliphatic rings. The molecule has 0 aliphatic carbocycles. The molecule has 0 saturated heterocycles. The van der Waals surface area contributed by atoms with Crippen molar-refractivity contribution in [2.45, 2.75) is 26.3 Å². The molecule has 0 fully saturated rings. The van der Waals surface area contributed by atoms with E-state index in [0.717, 1.165) is 23.5 Å². The molecule has 2 heteroatoms. The van der Waals surface area contributed by atoms with Crippen molar-refractivity contribution in [3.05, 3.63) is 60.2 Å². The van der Waals surface area contributed by atoms with Gasteiger partial charge in [-0.1, -0.05) is 50.6 Å². The Morgan fingerprint density at radius 3 is 2.37 bits per heavy atom. The van der Waals surface area contributed by atoms with Crippen LogP contribution in [-0.2, 0) is 0 Å². The number of benzene rings is 2. The van der Waals surface area contributed by atoms with E-state index in [2.05, 4.69) is 19.9 Å². The highest BCUT2D eigenvalue weighted by atomic mass is 16.5. The lowest BCUT2D eigenvalue weighted by Gasteiger charge is -2.19. The lowest BCUT2D eigenvalue weighted by atomic mass is 9.93. The Morgan fingerprint density at radius 2 is 1.68 bits per heavy atom. The Bertz CT molecular complexity index is 510. The molecule has 2 atom stereocenters. The molecular weight excluding hydrogens is 234 g/mol. The minimum absolute atomic E-state index is 0.0596. The van der Waals surface area contributed by atoms with Crippen LogP contribution in [0.2, 0.25) is 0 Å². The van der Waals surface area contributed by atoms with Gasteiger partial charge in [0.15, 0.2) is 0 Å². The lowest BCUT2D eigenvalue weighted by Crippen LogP contribution is -2.18. The standard InChI is InChI=1S/C17H21NO/c1-3-13(2)17(18)14-8-7-11-16(12-14)19-15-9-5-4-6-10-15/h4-13,17H,3,18H2,1-2H3/t13?,17-/m0/s1. The van der Waals surface area contributed by atoms with Crippen LogP contribution in [0.4, 0.5) is 0 Å². The maximum absolute atomic E-state index is 6.26. The summed E-state index contributed by atoms with van der Waals surface area (Å²) in [5.74, 6) is 2.14. The predicted octanol–water partition coefficient (Wildman–Crippen LogP) is 4.52. The molecule has 0 radical (unpaired) electrons. The number of nitrogens with two attached hydrogens (primary N) is 1. The average molecular weight is 255 g/mol. The highest BCUT2D eigenvalue weighted by Gasteiger charge is 2.13. The van der Waals surface area contributed by atoms with Crippen LogP contribution in [0.5, 0.6) is 11.5 Å². The van der Waals surface area contributed by atoms with Crippen molar-refractivity contribution < 1.29 is 4.74 Å². The van der Waals surface area contributed by atoms with Crippen molar-refractivity contribution in [2.24, 2.45) is 11.7 Å². The molecule has 100 valence electrons. The maximum Gasteiger partial charge on any atom is 0.127 e. The SMILES string of the molecule is CCC(C)[C@H](N)c1cccc(Oc2ccccc2)c1. The second kappa shape index (κ2) is 6.39. The molecule has 0 heterocycles. The van der Waals surface area contributed by atoms with E-state index in [1.54, 1.807) is 0 Å². The zero-order chi connectivity index (χ0) is 13.7. The normalized spacial score (nSPS) is 13.8. The molecule has 2 nitrogen and oxygen atoms in total. The number of ether oxygens (including phenoxy) is 1. The van der Waals surface area contributed by atoms with Gasteiger partial charge in [-0.2, -0.15) is 0 Å². The van der Waals surface area contributed by atoms with Gasteiger partial charge in [0.1, 0.15) is 11.5 Å². The zero-order valence-electron chi connectivity index (χ0n) is 11.5. The molecule has 19 heavy (non-hydrogen) atoms. The summed E-state index contributed by atoms with van der Waals surface area (Å²) in [5, 5.41) is 0. The molecule has 2 aromatic carbocycles. The summed E-state index contributed by atoms with van der Waals surface area (Å²) in [4.78, 5) is 0. The average Bonchev–Trinajstić information content (AvgIpc) is 2.47. The topological polar surface area (TPSA) is 35.2 Å². The highest BCUT2D eigenvalue weighted by molar-refractivity contribution is 5.35. The monoisotopic (exact) mass is 255 g/mol. The first-order valence-corrected chi connectivity index (χ1v) is 6.79. The Morgan fingerprint density at radius 1 is 1.00 bits per heavy atom. The molecule has 0 spiro atoms. The van der Waals surface area contributed by atoms with E-state index in [0.29, 0.717) is 5.92 Å². The van der Waals surface area contributed by atoms with E-state index in [1.165, 1.54) is 0 Å². The van der Waals surface area contributed by atoms with Gasteiger partial charge in [-0.15, -0.1) is 0 Å². The van der Waals surface area contributed by atoms with E-state index in [-0.39, 0.29) is 6.04 Å². The van der Waals surface area contributed by atoms with E-state index in [4.69, 9.17) is 10.5 Å². The molecule has 1 unspecified atom stereocenters. The van der Waals surface area contributed by atoms with Gasteiger partial charge in [-0.3, -0.25) is 0 Å². The van der Waals surface area contributed by atoms with Gasteiger partial charge in [0.05, 0.1) is 0 Å². The maximum atomic E-state index is 6.26. The second-order valence-corrected chi connectivity index (χ2v) is 4.90. The van der Waals surface area contributed by atoms with Gasteiger partial charge in [-0.05, 0) is 35.7 Å². The van der Waals surface area contributed by atoms with Crippen molar-refractivity contribution in [3.8, 4) is 11.5 Å². The zero-order valence-corrected chi connectivity index (χ0v) is 11.5. The third-order valence-corrected chi connectivity index (χ3v) is 3.48. The summed E-state index contributed by atoms with van der Waals surface area (Å²) in [6, 6.07) is 17.9. The summed E-state index contributed by atoms with van der Waals surface area (Å²) in [5.41, 5.74) is 7.38. The molecule has 0 aromatic heterocycles. The summed E-state index contributed by atoms with van der Waals surface area (Å²) >= 11 is 0. The summed E-state index contributed by atoms with van der Waals surface area (Å²) in [6.45, 7) is 4.34. The summed E-state index contributed by atoms with van der Waals surface area (Å²) in [7, 11) is 0. The number of para-hydroxylation sites is 1. The third kappa shape index (κ3) is 3.58. The first kappa shape index (κ1) is 13.6. The second-order valence-electron chi connectivity index (χ2n) is 4.90. The van der Waals surface area contributed by atoms with Gasteiger partial charge in [0.2, 0.25) is 0 Å². The smallest absolute Gasteiger partial charge is 0.127 e. The van der Waals surface area contributed by atoms with Gasteiger partial charge >= 0.3 is 0 Å². The van der Waals surface area contributed by atoms with E-state index >= 15 is 0 Å². The predicted molar refractivity (Wildman–Crippen MR) is 79.3 cm³/mol. The van der Waals surface area contributed by atoms with Crippen LogP contribution in [0.15, 0.2) is 54.6 Å². The van der Waals surface area contributed by atoms with Crippen LogP contribution in [0.3, 0.4) is 0 Å². The molecular formula is C17H21NO. The summed E-state index contributed by atoms with van der Waals surface area (Å²) in [6.07, 6.45) is 1.07. The molecule has 2 rings (SSSR count).